The predicted molar refractivity (Wildman–Crippen MR) is 96.8 cm³/mol. The van der Waals surface area contributed by atoms with Gasteiger partial charge in [-0.25, -0.2) is 5.43 Å². The monoisotopic (exact) mass is 392 g/mol. The summed E-state index contributed by atoms with van der Waals surface area (Å²) < 4.78 is 6.08. The van der Waals surface area contributed by atoms with Crippen LogP contribution in [0, 0.1) is 5.41 Å². The van der Waals surface area contributed by atoms with Crippen LogP contribution in [0.4, 0.5) is 0 Å². The van der Waals surface area contributed by atoms with E-state index >= 15 is 0 Å². The van der Waals surface area contributed by atoms with Gasteiger partial charge in [-0.1, -0.05) is 21.5 Å². The lowest BCUT2D eigenvalue weighted by molar-refractivity contribution is -0.150. The number of hydrogen-bond donors (Lipinski definition) is 1. The number of hydrazone groups is 1. The molecular weight excluding hydrogens is 372 g/mol. The Morgan fingerprint density at radius 2 is 2.00 bits per heavy atom. The fourth-order valence-corrected chi connectivity index (χ4v) is 2.73. The summed E-state index contributed by atoms with van der Waals surface area (Å²) in [6.07, 6.45) is 3.26. The number of amides is 1. The van der Waals surface area contributed by atoms with E-state index in [2.05, 4.69) is 26.5 Å². The number of nitrogens with one attached hydrogen (secondary N) is 1. The first-order valence-electron chi connectivity index (χ1n) is 7.85. The highest BCUT2D eigenvalue weighted by molar-refractivity contribution is 9.10. The van der Waals surface area contributed by atoms with Crippen LogP contribution in [0.2, 0.25) is 0 Å². The first kappa shape index (κ1) is 18.4. The number of nitrogens with zero attached hydrogens (tertiary/aromatic N) is 1. The van der Waals surface area contributed by atoms with Crippen LogP contribution in [-0.4, -0.2) is 24.2 Å². The number of allylic oxidation sites excluding steroid dienone is 2. The zero-order valence-corrected chi connectivity index (χ0v) is 15.6. The van der Waals surface area contributed by atoms with Gasteiger partial charge in [-0.3, -0.25) is 9.59 Å². The molecule has 1 amide bonds. The summed E-state index contributed by atoms with van der Waals surface area (Å²) in [6.45, 7) is 5.88. The van der Waals surface area contributed by atoms with Crippen molar-refractivity contribution in [2.24, 2.45) is 10.5 Å². The first-order chi connectivity index (χ1) is 11.4. The zero-order chi connectivity index (χ0) is 17.7. The van der Waals surface area contributed by atoms with Gasteiger partial charge in [0.1, 0.15) is 5.41 Å². The van der Waals surface area contributed by atoms with E-state index in [4.69, 9.17) is 4.74 Å². The molecule has 1 aromatic carbocycles. The Morgan fingerprint density at radius 1 is 1.33 bits per heavy atom. The molecule has 1 N–H and O–H groups in total. The number of esters is 1. The summed E-state index contributed by atoms with van der Waals surface area (Å²) in [5.41, 5.74) is 3.84. The summed E-state index contributed by atoms with van der Waals surface area (Å²) in [5, 5.41) is 4.22. The van der Waals surface area contributed by atoms with Crippen molar-refractivity contribution in [3.05, 3.63) is 46.0 Å². The molecule has 0 heterocycles. The molecular formula is C18H21BrN2O3. The molecule has 24 heavy (non-hydrogen) atoms. The van der Waals surface area contributed by atoms with Gasteiger partial charge in [-0.2, -0.15) is 5.10 Å². The fourth-order valence-electron chi connectivity index (χ4n) is 2.47. The van der Waals surface area contributed by atoms with E-state index in [1.54, 1.807) is 38.1 Å². The zero-order valence-electron chi connectivity index (χ0n) is 14.1. The Labute approximate surface area is 150 Å². The van der Waals surface area contributed by atoms with E-state index in [0.29, 0.717) is 24.3 Å². The Balaban J connectivity index is 2.23. The predicted octanol–water partition coefficient (Wildman–Crippen LogP) is 3.84. The van der Waals surface area contributed by atoms with E-state index in [-0.39, 0.29) is 11.9 Å². The van der Waals surface area contributed by atoms with Crippen molar-refractivity contribution in [2.45, 2.75) is 33.6 Å². The van der Waals surface area contributed by atoms with Crippen molar-refractivity contribution in [1.29, 1.82) is 0 Å². The van der Waals surface area contributed by atoms with Crippen LogP contribution in [0.5, 0.6) is 0 Å². The normalized spacial score (nSPS) is 22.0. The number of carbonyl (C=O) groups excluding carboxylic acids is 2. The molecule has 0 aromatic heterocycles. The van der Waals surface area contributed by atoms with Crippen molar-refractivity contribution in [1.82, 2.24) is 5.43 Å². The van der Waals surface area contributed by atoms with Crippen LogP contribution >= 0.6 is 15.9 Å². The molecule has 6 heteroatoms. The minimum absolute atomic E-state index is 0.314. The second-order valence-corrected chi connectivity index (χ2v) is 6.90. The van der Waals surface area contributed by atoms with Crippen molar-refractivity contribution in [2.75, 3.05) is 6.61 Å². The number of hydrogen-bond acceptors (Lipinski definition) is 4. The summed E-state index contributed by atoms with van der Waals surface area (Å²) in [6, 6.07) is 6.98. The second-order valence-electron chi connectivity index (χ2n) is 5.99. The number of rotatable bonds is 4. The molecule has 0 bridgehead atoms. The number of halogens is 1. The summed E-state index contributed by atoms with van der Waals surface area (Å²) >= 11 is 3.33. The Hall–Kier alpha value is -1.95. The molecule has 5 nitrogen and oxygen atoms in total. The van der Waals surface area contributed by atoms with Gasteiger partial charge in [-0.15, -0.1) is 0 Å². The average Bonchev–Trinajstić information content (AvgIpc) is 2.56. The topological polar surface area (TPSA) is 67.8 Å². The SMILES string of the molecule is CCOC(=O)[C@@]1(C)CCC(C)=C/C1=N\NC(=O)c1ccc(Br)cc1. The third-order valence-corrected chi connectivity index (χ3v) is 4.61. The largest absolute Gasteiger partial charge is 0.465 e. The Kier molecular flexibility index (Phi) is 5.94. The number of benzene rings is 1. The number of ether oxygens (including phenoxy) is 1. The van der Waals surface area contributed by atoms with Gasteiger partial charge in [0.2, 0.25) is 0 Å². The van der Waals surface area contributed by atoms with E-state index < -0.39 is 5.41 Å². The molecule has 0 unspecified atom stereocenters. The van der Waals surface area contributed by atoms with E-state index in [9.17, 15) is 9.59 Å². The van der Waals surface area contributed by atoms with Gasteiger partial charge in [0.15, 0.2) is 0 Å². The highest BCUT2D eigenvalue weighted by atomic mass is 79.9. The van der Waals surface area contributed by atoms with Crippen LogP contribution in [0.15, 0.2) is 45.5 Å². The van der Waals surface area contributed by atoms with E-state index in [1.165, 1.54) is 0 Å². The second kappa shape index (κ2) is 7.75. The smallest absolute Gasteiger partial charge is 0.317 e. The van der Waals surface area contributed by atoms with Gasteiger partial charge in [0.25, 0.3) is 5.91 Å². The average molecular weight is 393 g/mol. The molecule has 0 aliphatic heterocycles. The molecule has 0 spiro atoms. The molecule has 1 aliphatic carbocycles. The van der Waals surface area contributed by atoms with Crippen LogP contribution < -0.4 is 5.43 Å². The van der Waals surface area contributed by atoms with Gasteiger partial charge in [-0.05, 0) is 64.0 Å². The quantitative estimate of drug-likeness (QED) is 0.624. The molecule has 1 aliphatic rings. The Bertz CT molecular complexity index is 695. The van der Waals surface area contributed by atoms with Crippen molar-refractivity contribution < 1.29 is 14.3 Å². The fraction of sp³-hybridized carbons (Fsp3) is 0.389. The molecule has 1 atom stereocenters. The minimum Gasteiger partial charge on any atom is -0.465 e. The van der Waals surface area contributed by atoms with Crippen molar-refractivity contribution >= 4 is 33.5 Å². The van der Waals surface area contributed by atoms with Crippen molar-refractivity contribution in [3.8, 4) is 0 Å². The van der Waals surface area contributed by atoms with Crippen LogP contribution in [-0.2, 0) is 9.53 Å². The van der Waals surface area contributed by atoms with Gasteiger partial charge in [0, 0.05) is 10.0 Å². The molecule has 0 fully saturated rings. The molecule has 0 saturated carbocycles. The molecule has 0 radical (unpaired) electrons. The molecule has 1 aromatic rings. The highest BCUT2D eigenvalue weighted by Gasteiger charge is 2.41. The van der Waals surface area contributed by atoms with E-state index in [0.717, 1.165) is 16.5 Å². The maximum Gasteiger partial charge on any atom is 0.317 e. The third-order valence-electron chi connectivity index (χ3n) is 4.08. The minimum atomic E-state index is -0.845. The summed E-state index contributed by atoms with van der Waals surface area (Å²) in [7, 11) is 0. The van der Waals surface area contributed by atoms with Crippen LogP contribution in [0.3, 0.4) is 0 Å². The Morgan fingerprint density at radius 3 is 2.62 bits per heavy atom. The highest BCUT2D eigenvalue weighted by Crippen LogP contribution is 2.34. The summed E-state index contributed by atoms with van der Waals surface area (Å²) in [5.74, 6) is -0.636. The molecule has 0 saturated heterocycles. The molecule has 2 rings (SSSR count). The maximum atomic E-state index is 12.3. The third kappa shape index (κ3) is 4.12. The van der Waals surface area contributed by atoms with Crippen molar-refractivity contribution in [3.63, 3.8) is 0 Å². The van der Waals surface area contributed by atoms with Gasteiger partial charge < -0.3 is 4.74 Å². The van der Waals surface area contributed by atoms with Crippen LogP contribution in [0.1, 0.15) is 44.0 Å². The maximum absolute atomic E-state index is 12.3. The summed E-state index contributed by atoms with van der Waals surface area (Å²) in [4.78, 5) is 24.6. The van der Waals surface area contributed by atoms with Gasteiger partial charge >= 0.3 is 5.97 Å². The lowest BCUT2D eigenvalue weighted by Gasteiger charge is -2.31. The lowest BCUT2D eigenvalue weighted by Crippen LogP contribution is -2.40. The lowest BCUT2D eigenvalue weighted by atomic mass is 9.75. The van der Waals surface area contributed by atoms with Crippen LogP contribution in [0.25, 0.3) is 0 Å². The standard InChI is InChI=1S/C18H21BrN2O3/c1-4-24-17(23)18(3)10-9-12(2)11-15(18)20-21-16(22)13-5-7-14(19)8-6-13/h5-8,11H,4,9-10H2,1-3H3,(H,21,22)/b20-15+/t18-/m0/s1. The first-order valence-corrected chi connectivity index (χ1v) is 8.64. The number of carbonyl (C=O) groups is 2. The van der Waals surface area contributed by atoms with Gasteiger partial charge in [0.05, 0.1) is 12.3 Å². The van der Waals surface area contributed by atoms with E-state index in [1.807, 2.05) is 13.0 Å². The molecule has 128 valence electrons.